The van der Waals surface area contributed by atoms with Crippen LogP contribution >= 0.6 is 0 Å². The molecule has 53 heavy (non-hydrogen) atoms. The maximum atomic E-state index is 11.2. The molecule has 0 aliphatic carbocycles. The molecule has 15 nitrogen and oxygen atoms in total. The van der Waals surface area contributed by atoms with Gasteiger partial charge in [-0.25, -0.2) is 19.6 Å². The van der Waals surface area contributed by atoms with E-state index in [0.717, 1.165) is 20.3 Å². The lowest BCUT2D eigenvalue weighted by Crippen LogP contribution is -2.49. The summed E-state index contributed by atoms with van der Waals surface area (Å²) in [5, 5.41) is 27.0. The number of phenols is 3. The van der Waals surface area contributed by atoms with E-state index < -0.39 is 0 Å². The highest BCUT2D eigenvalue weighted by atomic mass is 16.3. The van der Waals surface area contributed by atoms with Crippen LogP contribution in [-0.2, 0) is 38.4 Å². The Morgan fingerprint density at radius 1 is 0.358 bits per heavy atom. The van der Waals surface area contributed by atoms with Gasteiger partial charge in [0.25, 0.3) is 11.8 Å². The van der Waals surface area contributed by atoms with Crippen molar-refractivity contribution in [1.82, 2.24) is 0 Å². The summed E-state index contributed by atoms with van der Waals surface area (Å²) in [6.07, 6.45) is 2.46. The maximum absolute atomic E-state index is 11.2. The number of aryl methyl sites for hydroxylation is 1. The van der Waals surface area contributed by atoms with Gasteiger partial charge in [-0.15, -0.1) is 0 Å². The molecule has 4 aromatic rings. The van der Waals surface area contributed by atoms with Crippen LogP contribution in [-0.4, -0.2) is 62.6 Å². The summed E-state index contributed by atoms with van der Waals surface area (Å²) in [5.41, 5.74) is 3.27. The van der Waals surface area contributed by atoms with Crippen LogP contribution in [0.2, 0.25) is 0 Å². The first-order valence-corrected chi connectivity index (χ1v) is 15.8. The van der Waals surface area contributed by atoms with E-state index in [1.54, 1.807) is 12.1 Å². The van der Waals surface area contributed by atoms with Gasteiger partial charge in [0.05, 0.1) is 22.7 Å². The number of carbonyl (C=O) groups excluding carboxylic acids is 8. The minimum Gasteiger partial charge on any atom is -0.508 e. The largest absolute Gasteiger partial charge is 0.508 e. The van der Waals surface area contributed by atoms with Crippen molar-refractivity contribution < 1.29 is 53.7 Å². The average Bonchev–Trinajstić information content (AvgIpc) is 3.46. The smallest absolute Gasteiger partial charge is 0.258 e. The van der Waals surface area contributed by atoms with E-state index in [9.17, 15) is 38.4 Å². The first-order valence-electron chi connectivity index (χ1n) is 15.8. The summed E-state index contributed by atoms with van der Waals surface area (Å²) in [4.78, 5) is 92.8. The molecule has 4 heterocycles. The number of hydrogen-bond donors (Lipinski definition) is 3. The summed E-state index contributed by atoms with van der Waals surface area (Å²) in [6.45, 7) is 1.96. The predicted molar refractivity (Wildman–Crippen MR) is 188 cm³/mol. The van der Waals surface area contributed by atoms with E-state index in [4.69, 9.17) is 15.3 Å². The number of amides is 8. The zero-order valence-corrected chi connectivity index (χ0v) is 27.9. The first-order chi connectivity index (χ1) is 25.2. The van der Waals surface area contributed by atoms with Crippen molar-refractivity contribution >= 4 is 70.0 Å². The molecule has 15 heteroatoms. The number of aromatic hydroxyl groups is 3. The number of phenolic OH excluding ortho intramolecular Hbond substituents is 3. The third-order valence-electron chi connectivity index (χ3n) is 7.83. The van der Waals surface area contributed by atoms with Crippen molar-refractivity contribution in [3.63, 3.8) is 0 Å². The third kappa shape index (κ3) is 8.49. The summed E-state index contributed by atoms with van der Waals surface area (Å²) in [5.74, 6) is -1.42. The molecule has 3 fully saturated rings. The zero-order valence-electron chi connectivity index (χ0n) is 27.9. The van der Waals surface area contributed by atoms with Crippen molar-refractivity contribution in [2.24, 2.45) is 0 Å². The fraction of sp³-hybridized carbons (Fsp3) is 0.105. The van der Waals surface area contributed by atoms with Gasteiger partial charge in [-0.1, -0.05) is 17.7 Å². The summed E-state index contributed by atoms with van der Waals surface area (Å²) in [7, 11) is 0. The summed E-state index contributed by atoms with van der Waals surface area (Å²) >= 11 is 0. The Morgan fingerprint density at radius 2 is 0.585 bits per heavy atom. The molecule has 3 N–H and O–H groups in total. The van der Waals surface area contributed by atoms with E-state index in [-0.39, 0.29) is 83.8 Å². The lowest BCUT2D eigenvalue weighted by atomic mass is 10.1. The van der Waals surface area contributed by atoms with Gasteiger partial charge in [0.2, 0.25) is 35.4 Å². The average molecular weight is 719 g/mol. The minimum atomic E-state index is -0.360. The SMILES string of the molecule is Cc1ccc(N2C(=O)CC2=O)cc1.O=C1C=CC(=O)N1c1ccc(O)cc1.O=C1CC(=O)N1c1ccc(O)cc1.O=C1CC(=O)N1c1ccc(O)cc1. The molecular formula is C38H30N4O11. The first kappa shape index (κ1) is 36.9. The van der Waals surface area contributed by atoms with E-state index in [1.807, 2.05) is 19.1 Å². The normalized spacial score (nSPS) is 15.7. The quantitative estimate of drug-likeness (QED) is 0.158. The van der Waals surface area contributed by atoms with Crippen LogP contribution in [0.15, 0.2) is 109 Å². The van der Waals surface area contributed by atoms with Crippen LogP contribution in [0.25, 0.3) is 0 Å². The lowest BCUT2D eigenvalue weighted by molar-refractivity contribution is -0.138. The number of hydrogen-bond acceptors (Lipinski definition) is 11. The van der Waals surface area contributed by atoms with Gasteiger partial charge >= 0.3 is 0 Å². The second kappa shape index (κ2) is 15.6. The molecule has 0 atom stereocenters. The molecule has 0 aromatic heterocycles. The van der Waals surface area contributed by atoms with Crippen molar-refractivity contribution in [2.75, 3.05) is 19.6 Å². The number of rotatable bonds is 4. The number of carbonyl (C=O) groups is 8. The number of anilines is 4. The highest BCUT2D eigenvalue weighted by Gasteiger charge is 2.37. The molecular weight excluding hydrogens is 688 g/mol. The van der Waals surface area contributed by atoms with E-state index in [2.05, 4.69) is 0 Å². The maximum Gasteiger partial charge on any atom is 0.258 e. The molecule has 0 unspecified atom stereocenters. The van der Waals surface area contributed by atoms with Crippen LogP contribution in [0.3, 0.4) is 0 Å². The Balaban J connectivity index is 0.000000136. The fourth-order valence-corrected chi connectivity index (χ4v) is 5.02. The van der Waals surface area contributed by atoms with Crippen molar-refractivity contribution in [3.05, 3.63) is 115 Å². The number of benzene rings is 4. The molecule has 0 radical (unpaired) electrons. The number of β-lactam (4-membered cyclic amide) rings is 6. The Labute approximate surface area is 301 Å². The molecule has 4 aliphatic rings. The second-order valence-electron chi connectivity index (χ2n) is 11.6. The van der Waals surface area contributed by atoms with Crippen LogP contribution < -0.4 is 19.6 Å². The van der Waals surface area contributed by atoms with Crippen molar-refractivity contribution in [3.8, 4) is 17.2 Å². The number of imide groups is 4. The van der Waals surface area contributed by atoms with E-state index in [1.165, 1.54) is 89.8 Å². The Kier molecular flexibility index (Phi) is 10.9. The molecule has 4 aliphatic heterocycles. The summed E-state index contributed by atoms with van der Waals surface area (Å²) in [6, 6.07) is 25.1. The molecule has 4 aromatic carbocycles. The molecule has 8 amide bonds. The lowest BCUT2D eigenvalue weighted by Gasteiger charge is -2.28. The fourth-order valence-electron chi connectivity index (χ4n) is 5.02. The second-order valence-corrected chi connectivity index (χ2v) is 11.6. The summed E-state index contributed by atoms with van der Waals surface area (Å²) < 4.78 is 0. The highest BCUT2D eigenvalue weighted by molar-refractivity contribution is 6.32. The molecule has 0 saturated carbocycles. The van der Waals surface area contributed by atoms with Crippen LogP contribution in [0, 0.1) is 6.92 Å². The van der Waals surface area contributed by atoms with Crippen LogP contribution in [0.1, 0.15) is 24.8 Å². The van der Waals surface area contributed by atoms with Gasteiger partial charge in [0, 0.05) is 12.2 Å². The third-order valence-corrected chi connectivity index (χ3v) is 7.83. The van der Waals surface area contributed by atoms with Crippen LogP contribution in [0.5, 0.6) is 17.2 Å². The Morgan fingerprint density at radius 3 is 0.830 bits per heavy atom. The Bertz CT molecular complexity index is 1900. The van der Waals surface area contributed by atoms with Gasteiger partial charge in [0.1, 0.15) is 36.5 Å². The van der Waals surface area contributed by atoms with E-state index in [0.29, 0.717) is 22.7 Å². The van der Waals surface area contributed by atoms with Crippen molar-refractivity contribution in [2.45, 2.75) is 26.2 Å². The van der Waals surface area contributed by atoms with Gasteiger partial charge < -0.3 is 15.3 Å². The van der Waals surface area contributed by atoms with Gasteiger partial charge in [-0.2, -0.15) is 0 Å². The Hall–Kier alpha value is -7.42. The molecule has 8 rings (SSSR count). The standard InChI is InChI=1S/C10H7NO3.C10H9NO2.2C9H7NO3/c12-8-3-1-7(2-4-8)11-9(13)5-6-10(11)14;1-7-2-4-8(5-3-7)11-9(12)6-10(11)13;2*11-7-3-1-6(2-4-7)10-8(12)5-9(10)13/h1-6,12H;2-5H,6H2,1H3;2*1-4,11H,5H2. The molecule has 0 spiro atoms. The molecule has 268 valence electrons. The molecule has 0 bridgehead atoms. The monoisotopic (exact) mass is 718 g/mol. The predicted octanol–water partition coefficient (Wildman–Crippen LogP) is 3.39. The van der Waals surface area contributed by atoms with Crippen molar-refractivity contribution in [1.29, 1.82) is 0 Å². The molecule has 3 saturated heterocycles. The van der Waals surface area contributed by atoms with E-state index >= 15 is 0 Å². The topological polar surface area (TPSA) is 210 Å². The highest BCUT2D eigenvalue weighted by Crippen LogP contribution is 2.26. The van der Waals surface area contributed by atoms with Gasteiger partial charge in [0.15, 0.2) is 0 Å². The van der Waals surface area contributed by atoms with Crippen LogP contribution in [0.4, 0.5) is 22.7 Å². The van der Waals surface area contributed by atoms with Gasteiger partial charge in [-0.05, 0) is 91.9 Å². The zero-order chi connectivity index (χ0) is 38.4. The number of nitrogens with zero attached hydrogens (tertiary/aromatic N) is 4. The van der Waals surface area contributed by atoms with Gasteiger partial charge in [-0.3, -0.25) is 38.4 Å². The minimum absolute atomic E-state index is 0.0130.